The fourth-order valence-corrected chi connectivity index (χ4v) is 2.05. The number of rotatable bonds is 6. The van der Waals surface area contributed by atoms with Gasteiger partial charge in [-0.05, 0) is 30.2 Å². The van der Waals surface area contributed by atoms with Crippen molar-refractivity contribution in [2.75, 3.05) is 11.9 Å². The highest BCUT2D eigenvalue weighted by molar-refractivity contribution is 5.94. The summed E-state index contributed by atoms with van der Waals surface area (Å²) in [6.45, 7) is -0.460. The van der Waals surface area contributed by atoms with Gasteiger partial charge in [-0.3, -0.25) is 9.59 Å². The number of phenolic OH excluding ortho intramolecular Hbond substituents is 1. The average molecular weight is 352 g/mol. The van der Waals surface area contributed by atoms with Crippen molar-refractivity contribution in [2.24, 2.45) is 0 Å². The van der Waals surface area contributed by atoms with Gasteiger partial charge in [0, 0.05) is 6.42 Å². The molecule has 2 rings (SSSR count). The number of carbonyl (C=O) groups excluding carboxylic acids is 2. The zero-order valence-electron chi connectivity index (χ0n) is 13.0. The first-order valence-electron chi connectivity index (χ1n) is 7.35. The molecular formula is C17H15F3N2O3. The number of benzene rings is 2. The molecule has 0 saturated carbocycles. The van der Waals surface area contributed by atoms with Gasteiger partial charge in [0.25, 0.3) is 0 Å². The molecule has 5 nitrogen and oxygen atoms in total. The molecule has 2 amide bonds. The molecule has 0 aliphatic heterocycles. The summed E-state index contributed by atoms with van der Waals surface area (Å²) in [4.78, 5) is 23.3. The van der Waals surface area contributed by atoms with E-state index in [1.807, 2.05) is 5.32 Å². The lowest BCUT2D eigenvalue weighted by molar-refractivity contribution is -0.124. The van der Waals surface area contributed by atoms with Crippen molar-refractivity contribution in [2.45, 2.75) is 12.8 Å². The largest absolute Gasteiger partial charge is 0.508 e. The number of carbonyl (C=O) groups is 2. The molecule has 0 saturated heterocycles. The topological polar surface area (TPSA) is 78.4 Å². The molecule has 2 aromatic carbocycles. The minimum absolute atomic E-state index is 0.0321. The zero-order valence-corrected chi connectivity index (χ0v) is 13.0. The van der Waals surface area contributed by atoms with Crippen LogP contribution in [0.5, 0.6) is 5.75 Å². The molecule has 0 spiro atoms. The number of hydrogen-bond donors (Lipinski definition) is 3. The summed E-state index contributed by atoms with van der Waals surface area (Å²) in [5.74, 6) is -5.75. The van der Waals surface area contributed by atoms with E-state index in [4.69, 9.17) is 0 Å². The van der Waals surface area contributed by atoms with Gasteiger partial charge < -0.3 is 15.7 Å². The van der Waals surface area contributed by atoms with Gasteiger partial charge in [-0.1, -0.05) is 18.2 Å². The Morgan fingerprint density at radius 1 is 0.960 bits per heavy atom. The van der Waals surface area contributed by atoms with Crippen LogP contribution in [0.4, 0.5) is 18.9 Å². The summed E-state index contributed by atoms with van der Waals surface area (Å²) in [7, 11) is 0. The van der Waals surface area contributed by atoms with Crippen molar-refractivity contribution in [1.29, 1.82) is 0 Å². The van der Waals surface area contributed by atoms with Crippen LogP contribution in [0.3, 0.4) is 0 Å². The van der Waals surface area contributed by atoms with Gasteiger partial charge in [0.2, 0.25) is 11.8 Å². The van der Waals surface area contributed by atoms with Crippen LogP contribution in [0.15, 0.2) is 36.4 Å². The second kappa shape index (κ2) is 8.18. The van der Waals surface area contributed by atoms with Gasteiger partial charge in [0.05, 0.1) is 12.2 Å². The minimum atomic E-state index is -1.69. The molecule has 0 atom stereocenters. The van der Waals surface area contributed by atoms with Crippen LogP contribution < -0.4 is 10.6 Å². The minimum Gasteiger partial charge on any atom is -0.508 e. The molecular weight excluding hydrogens is 337 g/mol. The molecule has 2 aromatic rings. The molecule has 0 unspecified atom stereocenters. The number of phenols is 1. The number of anilines is 1. The Hall–Kier alpha value is -3.03. The first kappa shape index (κ1) is 18.3. The lowest BCUT2D eigenvalue weighted by Crippen LogP contribution is -2.33. The first-order chi connectivity index (χ1) is 11.9. The fraction of sp³-hybridized carbons (Fsp3) is 0.176. The van der Waals surface area contributed by atoms with Gasteiger partial charge in [0.1, 0.15) is 5.75 Å². The quantitative estimate of drug-likeness (QED) is 0.699. The summed E-state index contributed by atoms with van der Waals surface area (Å²) in [6.07, 6.45) is 0.308. The number of nitrogens with one attached hydrogen (secondary N) is 2. The molecule has 0 heterocycles. The number of halogens is 3. The van der Waals surface area contributed by atoms with Crippen LogP contribution in [0, 0.1) is 17.5 Å². The predicted molar refractivity (Wildman–Crippen MR) is 84.4 cm³/mol. The highest BCUT2D eigenvalue weighted by Gasteiger charge is 2.15. The molecule has 0 fully saturated rings. The van der Waals surface area contributed by atoms with E-state index in [1.165, 1.54) is 6.07 Å². The second-order valence-electron chi connectivity index (χ2n) is 5.18. The Bertz CT molecular complexity index is 797. The maximum Gasteiger partial charge on any atom is 0.243 e. The molecule has 132 valence electrons. The average Bonchev–Trinajstić information content (AvgIpc) is 2.60. The Balaban J connectivity index is 1.81. The van der Waals surface area contributed by atoms with E-state index < -0.39 is 41.5 Å². The summed E-state index contributed by atoms with van der Waals surface area (Å²) in [6, 6.07) is 8.10. The van der Waals surface area contributed by atoms with E-state index in [0.29, 0.717) is 11.6 Å². The highest BCUT2D eigenvalue weighted by Crippen LogP contribution is 2.19. The highest BCUT2D eigenvalue weighted by atomic mass is 19.2. The fourth-order valence-electron chi connectivity index (χ4n) is 2.05. The zero-order chi connectivity index (χ0) is 18.4. The van der Waals surface area contributed by atoms with Crippen LogP contribution in [-0.2, 0) is 16.0 Å². The Morgan fingerprint density at radius 3 is 2.40 bits per heavy atom. The van der Waals surface area contributed by atoms with Crippen LogP contribution in [-0.4, -0.2) is 23.5 Å². The molecule has 0 radical (unpaired) electrons. The maximum absolute atomic E-state index is 13.4. The predicted octanol–water partition coefficient (Wildman–Crippen LogP) is 2.50. The Morgan fingerprint density at radius 2 is 1.68 bits per heavy atom. The molecule has 0 aliphatic carbocycles. The van der Waals surface area contributed by atoms with Gasteiger partial charge in [-0.2, -0.15) is 0 Å². The summed E-state index contributed by atoms with van der Waals surface area (Å²) in [5, 5.41) is 13.9. The van der Waals surface area contributed by atoms with Gasteiger partial charge >= 0.3 is 0 Å². The Labute approximate surface area is 141 Å². The van der Waals surface area contributed by atoms with E-state index in [9.17, 15) is 27.9 Å². The van der Waals surface area contributed by atoms with Crippen LogP contribution in [0.1, 0.15) is 12.0 Å². The Kier molecular flexibility index (Phi) is 5.99. The smallest absolute Gasteiger partial charge is 0.243 e. The summed E-state index contributed by atoms with van der Waals surface area (Å²) in [5.41, 5.74) is 0.0679. The van der Waals surface area contributed by atoms with Gasteiger partial charge in [-0.15, -0.1) is 0 Å². The third kappa shape index (κ3) is 4.97. The normalized spacial score (nSPS) is 10.4. The van der Waals surface area contributed by atoms with Crippen molar-refractivity contribution in [3.8, 4) is 5.75 Å². The first-order valence-corrected chi connectivity index (χ1v) is 7.35. The van der Waals surface area contributed by atoms with Crippen molar-refractivity contribution in [3.05, 3.63) is 59.4 Å². The van der Waals surface area contributed by atoms with Crippen LogP contribution in [0.25, 0.3) is 0 Å². The molecule has 0 aromatic heterocycles. The van der Waals surface area contributed by atoms with E-state index >= 15 is 0 Å². The van der Waals surface area contributed by atoms with E-state index in [-0.39, 0.29) is 18.6 Å². The molecule has 0 bridgehead atoms. The number of aryl methyl sites for hydroxylation is 1. The lowest BCUT2D eigenvalue weighted by Gasteiger charge is -2.09. The monoisotopic (exact) mass is 352 g/mol. The van der Waals surface area contributed by atoms with Gasteiger partial charge in [-0.25, -0.2) is 13.2 Å². The van der Waals surface area contributed by atoms with Crippen LogP contribution in [0.2, 0.25) is 0 Å². The number of aromatic hydroxyl groups is 1. The standard InChI is InChI=1S/C17H15F3N2O3/c18-11-6-7-12(17(20)16(11)19)22-15(25)9-21-14(24)8-5-10-3-1-2-4-13(10)23/h1-4,6-7,23H,5,8-9H2,(H,21,24)(H,22,25). The van der Waals surface area contributed by atoms with Crippen molar-refractivity contribution < 1.29 is 27.9 Å². The lowest BCUT2D eigenvalue weighted by atomic mass is 10.1. The molecule has 8 heteroatoms. The maximum atomic E-state index is 13.4. The van der Waals surface area contributed by atoms with E-state index in [0.717, 1.165) is 6.07 Å². The van der Waals surface area contributed by atoms with Crippen LogP contribution >= 0.6 is 0 Å². The third-order valence-electron chi connectivity index (χ3n) is 3.37. The van der Waals surface area contributed by atoms with E-state index in [1.54, 1.807) is 18.2 Å². The SMILES string of the molecule is O=C(CCc1ccccc1O)NCC(=O)Nc1ccc(F)c(F)c1F. The molecule has 0 aliphatic rings. The van der Waals surface area contributed by atoms with E-state index in [2.05, 4.69) is 5.32 Å². The summed E-state index contributed by atoms with van der Waals surface area (Å²) >= 11 is 0. The number of hydrogen-bond acceptors (Lipinski definition) is 3. The molecule has 3 N–H and O–H groups in total. The second-order valence-corrected chi connectivity index (χ2v) is 5.18. The molecule has 25 heavy (non-hydrogen) atoms. The van der Waals surface area contributed by atoms with Crippen molar-refractivity contribution in [3.63, 3.8) is 0 Å². The number of amides is 2. The van der Waals surface area contributed by atoms with Gasteiger partial charge in [0.15, 0.2) is 17.5 Å². The number of para-hydroxylation sites is 1. The summed E-state index contributed by atoms with van der Waals surface area (Å²) < 4.78 is 39.3. The van der Waals surface area contributed by atoms with Crippen molar-refractivity contribution in [1.82, 2.24) is 5.32 Å². The van der Waals surface area contributed by atoms with Crippen molar-refractivity contribution >= 4 is 17.5 Å². The third-order valence-corrected chi connectivity index (χ3v) is 3.37.